The van der Waals surface area contributed by atoms with E-state index in [1.54, 1.807) is 0 Å². The molecule has 3 heteroatoms. The van der Waals surface area contributed by atoms with Crippen molar-refractivity contribution in [2.75, 3.05) is 0 Å². The standard InChI is InChI=1S/C19H30O3/c1-8-13-12(9-10-15(20)21)11-14(18(2,3)4)17(22)16(13)19(5,6)7/h11,22H,8-10H2,1-7H3,(H,20,21). The molecule has 3 nitrogen and oxygen atoms in total. The summed E-state index contributed by atoms with van der Waals surface area (Å²) >= 11 is 0. The molecular weight excluding hydrogens is 276 g/mol. The Hall–Kier alpha value is -1.51. The molecule has 0 heterocycles. The zero-order valence-electron chi connectivity index (χ0n) is 15.0. The Balaban J connectivity index is 3.66. The molecule has 0 spiro atoms. The lowest BCUT2D eigenvalue weighted by molar-refractivity contribution is -0.136. The third-order valence-electron chi connectivity index (χ3n) is 4.02. The number of carboxylic acids is 1. The molecule has 0 unspecified atom stereocenters. The van der Waals surface area contributed by atoms with Crippen LogP contribution in [0.1, 0.15) is 77.1 Å². The Bertz CT molecular complexity index is 558. The van der Waals surface area contributed by atoms with Crippen LogP contribution in [0.3, 0.4) is 0 Å². The molecule has 0 amide bonds. The van der Waals surface area contributed by atoms with Gasteiger partial charge in [0, 0.05) is 12.0 Å². The van der Waals surface area contributed by atoms with Gasteiger partial charge in [0.2, 0.25) is 0 Å². The van der Waals surface area contributed by atoms with Crippen LogP contribution < -0.4 is 0 Å². The van der Waals surface area contributed by atoms with Crippen molar-refractivity contribution < 1.29 is 15.0 Å². The highest BCUT2D eigenvalue weighted by Gasteiger charge is 2.29. The van der Waals surface area contributed by atoms with Crippen LogP contribution in [0.5, 0.6) is 5.75 Å². The normalized spacial score (nSPS) is 12.5. The van der Waals surface area contributed by atoms with E-state index in [-0.39, 0.29) is 17.3 Å². The Morgan fingerprint density at radius 2 is 1.64 bits per heavy atom. The summed E-state index contributed by atoms with van der Waals surface area (Å²) in [6.07, 6.45) is 1.41. The minimum Gasteiger partial charge on any atom is -0.507 e. The highest BCUT2D eigenvalue weighted by atomic mass is 16.4. The molecular formula is C19H30O3. The second-order valence-electron chi connectivity index (χ2n) is 8.03. The van der Waals surface area contributed by atoms with E-state index in [0.29, 0.717) is 12.2 Å². The van der Waals surface area contributed by atoms with Gasteiger partial charge in [0.25, 0.3) is 0 Å². The molecule has 0 aromatic heterocycles. The molecule has 0 saturated heterocycles. The number of aromatic hydroxyl groups is 1. The van der Waals surface area contributed by atoms with E-state index in [0.717, 1.165) is 28.7 Å². The number of hydrogen-bond acceptors (Lipinski definition) is 2. The topological polar surface area (TPSA) is 57.5 Å². The minimum atomic E-state index is -0.787. The number of phenolic OH excluding ortho intramolecular Hbond substituents is 1. The first kappa shape index (κ1) is 18.5. The summed E-state index contributed by atoms with van der Waals surface area (Å²) in [6, 6.07) is 2.01. The van der Waals surface area contributed by atoms with E-state index in [2.05, 4.69) is 48.5 Å². The summed E-state index contributed by atoms with van der Waals surface area (Å²) in [5.41, 5.74) is 3.64. The van der Waals surface area contributed by atoms with Crippen LogP contribution >= 0.6 is 0 Å². The number of phenols is 1. The first-order valence-corrected chi connectivity index (χ1v) is 8.00. The van der Waals surface area contributed by atoms with Gasteiger partial charge in [-0.3, -0.25) is 4.79 Å². The molecule has 0 fully saturated rings. The third kappa shape index (κ3) is 4.02. The fourth-order valence-electron chi connectivity index (χ4n) is 3.02. The lowest BCUT2D eigenvalue weighted by atomic mass is 9.74. The molecule has 1 rings (SSSR count). The molecule has 0 atom stereocenters. The largest absolute Gasteiger partial charge is 0.507 e. The summed E-state index contributed by atoms with van der Waals surface area (Å²) in [5, 5.41) is 19.9. The van der Waals surface area contributed by atoms with Gasteiger partial charge in [-0.05, 0) is 40.4 Å². The fraction of sp³-hybridized carbons (Fsp3) is 0.632. The smallest absolute Gasteiger partial charge is 0.303 e. The number of carbonyl (C=O) groups is 1. The van der Waals surface area contributed by atoms with Gasteiger partial charge in [-0.15, -0.1) is 0 Å². The summed E-state index contributed by atoms with van der Waals surface area (Å²) in [5.74, 6) is -0.416. The van der Waals surface area contributed by atoms with Crippen molar-refractivity contribution in [3.63, 3.8) is 0 Å². The van der Waals surface area contributed by atoms with Crippen molar-refractivity contribution in [2.24, 2.45) is 0 Å². The predicted octanol–water partition coefficient (Wildman–Crippen LogP) is 4.57. The molecule has 124 valence electrons. The van der Waals surface area contributed by atoms with Crippen LogP contribution in [0.2, 0.25) is 0 Å². The number of rotatable bonds is 4. The third-order valence-corrected chi connectivity index (χ3v) is 4.02. The second kappa shape index (κ2) is 6.31. The SMILES string of the molecule is CCc1c(CCC(=O)O)cc(C(C)(C)C)c(O)c1C(C)(C)C. The Kier molecular flexibility index (Phi) is 5.32. The van der Waals surface area contributed by atoms with Crippen molar-refractivity contribution >= 4 is 5.97 Å². The number of carboxylic acid groups (broad SMARTS) is 1. The van der Waals surface area contributed by atoms with Crippen LogP contribution in [-0.2, 0) is 28.5 Å². The van der Waals surface area contributed by atoms with E-state index in [1.807, 2.05) is 6.07 Å². The predicted molar refractivity (Wildman–Crippen MR) is 90.8 cm³/mol. The summed E-state index contributed by atoms with van der Waals surface area (Å²) < 4.78 is 0. The molecule has 22 heavy (non-hydrogen) atoms. The molecule has 0 aliphatic carbocycles. The minimum absolute atomic E-state index is 0.116. The molecule has 0 bridgehead atoms. The van der Waals surface area contributed by atoms with Crippen LogP contribution in [0.4, 0.5) is 0 Å². The van der Waals surface area contributed by atoms with Gasteiger partial charge in [0.05, 0.1) is 0 Å². The average molecular weight is 306 g/mol. The molecule has 0 saturated carbocycles. The van der Waals surface area contributed by atoms with Gasteiger partial charge in [-0.25, -0.2) is 0 Å². The second-order valence-corrected chi connectivity index (χ2v) is 8.03. The molecule has 1 aromatic rings. The average Bonchev–Trinajstić information content (AvgIpc) is 2.33. The fourth-order valence-corrected chi connectivity index (χ4v) is 3.02. The van der Waals surface area contributed by atoms with Gasteiger partial charge < -0.3 is 10.2 Å². The summed E-state index contributed by atoms with van der Waals surface area (Å²) in [6.45, 7) is 14.5. The first-order valence-electron chi connectivity index (χ1n) is 8.00. The van der Waals surface area contributed by atoms with E-state index < -0.39 is 5.97 Å². The van der Waals surface area contributed by atoms with Gasteiger partial charge >= 0.3 is 5.97 Å². The molecule has 2 N–H and O–H groups in total. The summed E-state index contributed by atoms with van der Waals surface area (Å²) in [4.78, 5) is 11.0. The zero-order chi connectivity index (χ0) is 17.3. The highest BCUT2D eigenvalue weighted by Crippen LogP contribution is 2.42. The van der Waals surface area contributed by atoms with E-state index in [1.165, 1.54) is 0 Å². The van der Waals surface area contributed by atoms with Crippen molar-refractivity contribution in [3.05, 3.63) is 28.3 Å². The van der Waals surface area contributed by atoms with Crippen LogP contribution in [0, 0.1) is 0 Å². The Labute approximate surface area is 134 Å². The Morgan fingerprint density at radius 3 is 2.00 bits per heavy atom. The van der Waals surface area contributed by atoms with Crippen LogP contribution in [0.25, 0.3) is 0 Å². The van der Waals surface area contributed by atoms with Crippen molar-refractivity contribution in [1.29, 1.82) is 0 Å². The highest BCUT2D eigenvalue weighted by molar-refractivity contribution is 5.67. The first-order chi connectivity index (χ1) is 9.89. The lowest BCUT2D eigenvalue weighted by Gasteiger charge is -2.31. The quantitative estimate of drug-likeness (QED) is 0.857. The van der Waals surface area contributed by atoms with E-state index in [9.17, 15) is 9.90 Å². The molecule has 0 aliphatic rings. The van der Waals surface area contributed by atoms with Gasteiger partial charge in [-0.2, -0.15) is 0 Å². The van der Waals surface area contributed by atoms with Crippen molar-refractivity contribution in [2.45, 2.75) is 78.6 Å². The molecule has 0 aliphatic heterocycles. The summed E-state index contributed by atoms with van der Waals surface area (Å²) in [7, 11) is 0. The number of aryl methyl sites for hydroxylation is 1. The maximum Gasteiger partial charge on any atom is 0.303 e. The molecule has 0 radical (unpaired) electrons. The monoisotopic (exact) mass is 306 g/mol. The number of hydrogen-bond donors (Lipinski definition) is 2. The lowest BCUT2D eigenvalue weighted by Crippen LogP contribution is -2.21. The Morgan fingerprint density at radius 1 is 1.09 bits per heavy atom. The van der Waals surface area contributed by atoms with Crippen LogP contribution in [-0.4, -0.2) is 16.2 Å². The number of benzene rings is 1. The van der Waals surface area contributed by atoms with Crippen molar-refractivity contribution in [3.8, 4) is 5.75 Å². The molecule has 1 aromatic carbocycles. The van der Waals surface area contributed by atoms with Crippen LogP contribution in [0.15, 0.2) is 6.07 Å². The van der Waals surface area contributed by atoms with Gasteiger partial charge in [0.15, 0.2) is 0 Å². The maximum atomic E-state index is 11.0. The van der Waals surface area contributed by atoms with Gasteiger partial charge in [0.1, 0.15) is 5.75 Å². The maximum absolute atomic E-state index is 11.0. The van der Waals surface area contributed by atoms with E-state index in [4.69, 9.17) is 5.11 Å². The number of aliphatic carboxylic acids is 1. The van der Waals surface area contributed by atoms with Gasteiger partial charge in [-0.1, -0.05) is 54.5 Å². The zero-order valence-corrected chi connectivity index (χ0v) is 15.0. The van der Waals surface area contributed by atoms with Crippen molar-refractivity contribution in [1.82, 2.24) is 0 Å². The van der Waals surface area contributed by atoms with E-state index >= 15 is 0 Å².